The van der Waals surface area contributed by atoms with E-state index in [0.29, 0.717) is 24.7 Å². The molecule has 0 saturated heterocycles. The van der Waals surface area contributed by atoms with Crippen LogP contribution in [0.15, 0.2) is 23.0 Å². The van der Waals surface area contributed by atoms with Crippen molar-refractivity contribution >= 4 is 11.8 Å². The zero-order chi connectivity index (χ0) is 14.4. The first-order valence-corrected chi connectivity index (χ1v) is 6.42. The molecule has 0 radical (unpaired) electrons. The van der Waals surface area contributed by atoms with Crippen molar-refractivity contribution < 1.29 is 14.4 Å². The Bertz CT molecular complexity index is 569. The molecule has 7 nitrogen and oxygen atoms in total. The first kappa shape index (κ1) is 14.0. The molecule has 0 fully saturated rings. The molecule has 2 aromatic rings. The number of pyridine rings is 1. The van der Waals surface area contributed by atoms with Crippen molar-refractivity contribution in [3.05, 3.63) is 35.6 Å². The maximum Gasteiger partial charge on any atom is 0.335 e. The van der Waals surface area contributed by atoms with Crippen LogP contribution in [-0.4, -0.2) is 32.7 Å². The van der Waals surface area contributed by atoms with Crippen molar-refractivity contribution in [1.82, 2.24) is 15.1 Å². The Hall–Kier alpha value is -2.44. The number of anilines is 1. The zero-order valence-corrected chi connectivity index (χ0v) is 11.2. The quantitative estimate of drug-likeness (QED) is 0.794. The van der Waals surface area contributed by atoms with Crippen LogP contribution in [0.1, 0.15) is 35.3 Å². The Balaban J connectivity index is 2.03. The number of aromatic nitrogens is 3. The first-order valence-electron chi connectivity index (χ1n) is 6.42. The van der Waals surface area contributed by atoms with E-state index in [1.807, 2.05) is 6.92 Å². The van der Waals surface area contributed by atoms with E-state index >= 15 is 0 Å². The molecule has 0 aliphatic carbocycles. The van der Waals surface area contributed by atoms with Crippen LogP contribution in [0.5, 0.6) is 0 Å². The summed E-state index contributed by atoms with van der Waals surface area (Å²) in [5, 5.41) is 15.7. The number of rotatable bonds is 7. The van der Waals surface area contributed by atoms with E-state index in [9.17, 15) is 4.79 Å². The summed E-state index contributed by atoms with van der Waals surface area (Å²) in [5.41, 5.74) is 1.01. The smallest absolute Gasteiger partial charge is 0.335 e. The second-order valence-corrected chi connectivity index (χ2v) is 4.30. The average molecular weight is 276 g/mol. The maximum atomic E-state index is 11.1. The molecule has 0 saturated carbocycles. The highest BCUT2D eigenvalue weighted by atomic mass is 16.5. The molecular formula is C13H16N4O3. The number of carboxylic acid groups (broad SMARTS) is 1. The normalized spacial score (nSPS) is 10.4. The highest BCUT2D eigenvalue weighted by Gasteiger charge is 2.08. The van der Waals surface area contributed by atoms with Crippen LogP contribution in [0.2, 0.25) is 0 Å². The molecule has 0 aliphatic rings. The molecule has 0 atom stereocenters. The summed E-state index contributed by atoms with van der Waals surface area (Å²) < 4.78 is 4.88. The van der Waals surface area contributed by atoms with E-state index in [1.54, 1.807) is 6.07 Å². The van der Waals surface area contributed by atoms with Gasteiger partial charge in [-0.1, -0.05) is 18.5 Å². The highest BCUT2D eigenvalue weighted by molar-refractivity contribution is 5.88. The Labute approximate surface area is 116 Å². The SMILES string of the molecule is CCCc1cc(C(=O)O)cc(NCCc2ncno2)n1. The monoisotopic (exact) mass is 276 g/mol. The molecule has 2 heterocycles. The van der Waals surface area contributed by atoms with Gasteiger partial charge in [-0.15, -0.1) is 0 Å². The molecule has 2 rings (SSSR count). The van der Waals surface area contributed by atoms with E-state index in [0.717, 1.165) is 18.5 Å². The summed E-state index contributed by atoms with van der Waals surface area (Å²) in [7, 11) is 0. The van der Waals surface area contributed by atoms with E-state index in [2.05, 4.69) is 20.4 Å². The Morgan fingerprint density at radius 1 is 1.40 bits per heavy atom. The lowest BCUT2D eigenvalue weighted by Gasteiger charge is -2.08. The second-order valence-electron chi connectivity index (χ2n) is 4.30. The minimum Gasteiger partial charge on any atom is -0.478 e. The molecule has 106 valence electrons. The van der Waals surface area contributed by atoms with Gasteiger partial charge in [-0.2, -0.15) is 4.98 Å². The lowest BCUT2D eigenvalue weighted by Crippen LogP contribution is -2.09. The predicted molar refractivity (Wildman–Crippen MR) is 71.7 cm³/mol. The third-order valence-corrected chi connectivity index (χ3v) is 2.68. The number of carbonyl (C=O) groups is 1. The van der Waals surface area contributed by atoms with E-state index in [-0.39, 0.29) is 5.56 Å². The van der Waals surface area contributed by atoms with Crippen molar-refractivity contribution in [3.8, 4) is 0 Å². The number of nitrogens with one attached hydrogen (secondary N) is 1. The average Bonchev–Trinajstić information content (AvgIpc) is 2.92. The summed E-state index contributed by atoms with van der Waals surface area (Å²) in [5.74, 6) is 0.123. The number of nitrogens with zero attached hydrogens (tertiary/aromatic N) is 3. The van der Waals surface area contributed by atoms with Gasteiger partial charge < -0.3 is 14.9 Å². The van der Waals surface area contributed by atoms with Gasteiger partial charge in [-0.25, -0.2) is 9.78 Å². The van der Waals surface area contributed by atoms with Gasteiger partial charge in [0.25, 0.3) is 0 Å². The van der Waals surface area contributed by atoms with Crippen molar-refractivity contribution in [2.45, 2.75) is 26.2 Å². The fourth-order valence-corrected chi connectivity index (χ4v) is 1.79. The summed E-state index contributed by atoms with van der Waals surface area (Å²) in [6.45, 7) is 2.57. The second kappa shape index (κ2) is 6.65. The zero-order valence-electron chi connectivity index (χ0n) is 11.2. The van der Waals surface area contributed by atoms with Crippen LogP contribution < -0.4 is 5.32 Å². The molecule has 20 heavy (non-hydrogen) atoms. The van der Waals surface area contributed by atoms with E-state index < -0.39 is 5.97 Å². The molecule has 2 aromatic heterocycles. The van der Waals surface area contributed by atoms with Crippen molar-refractivity contribution in [1.29, 1.82) is 0 Å². The van der Waals surface area contributed by atoms with Gasteiger partial charge in [0.2, 0.25) is 5.89 Å². The molecule has 0 unspecified atom stereocenters. The number of carboxylic acids is 1. The molecule has 0 bridgehead atoms. The van der Waals surface area contributed by atoms with Crippen LogP contribution in [0.25, 0.3) is 0 Å². The van der Waals surface area contributed by atoms with Crippen LogP contribution in [-0.2, 0) is 12.8 Å². The largest absolute Gasteiger partial charge is 0.478 e. The minimum absolute atomic E-state index is 0.240. The molecule has 7 heteroatoms. The lowest BCUT2D eigenvalue weighted by atomic mass is 10.1. The molecular weight excluding hydrogens is 260 g/mol. The van der Waals surface area contributed by atoms with Crippen molar-refractivity contribution in [3.63, 3.8) is 0 Å². The summed E-state index contributed by atoms with van der Waals surface area (Å²) in [4.78, 5) is 19.4. The van der Waals surface area contributed by atoms with Crippen LogP contribution in [0.4, 0.5) is 5.82 Å². The van der Waals surface area contributed by atoms with E-state index in [1.165, 1.54) is 12.4 Å². The van der Waals surface area contributed by atoms with Crippen LogP contribution in [0.3, 0.4) is 0 Å². The molecule has 0 aromatic carbocycles. The first-order chi connectivity index (χ1) is 9.69. The van der Waals surface area contributed by atoms with Crippen LogP contribution >= 0.6 is 0 Å². The standard InChI is InChI=1S/C13H16N4O3/c1-2-3-10-6-9(13(18)19)7-11(17-10)14-5-4-12-15-8-16-20-12/h6-8H,2-5H2,1H3,(H,14,17)(H,18,19). The Morgan fingerprint density at radius 2 is 2.25 bits per heavy atom. The van der Waals surface area contributed by atoms with Gasteiger partial charge in [0.05, 0.1) is 5.56 Å². The fourth-order valence-electron chi connectivity index (χ4n) is 1.79. The van der Waals surface area contributed by atoms with Gasteiger partial charge in [-0.05, 0) is 18.6 Å². The molecule has 2 N–H and O–H groups in total. The predicted octanol–water partition coefficient (Wildman–Crippen LogP) is 1.77. The summed E-state index contributed by atoms with van der Waals surface area (Å²) >= 11 is 0. The van der Waals surface area contributed by atoms with Gasteiger partial charge in [0, 0.05) is 18.7 Å². The summed E-state index contributed by atoms with van der Waals surface area (Å²) in [6.07, 6.45) is 3.57. The number of aromatic carboxylic acids is 1. The van der Waals surface area contributed by atoms with Gasteiger partial charge in [0.1, 0.15) is 5.82 Å². The van der Waals surface area contributed by atoms with Gasteiger partial charge in [-0.3, -0.25) is 0 Å². The summed E-state index contributed by atoms with van der Waals surface area (Å²) in [6, 6.07) is 3.13. The molecule has 0 amide bonds. The Morgan fingerprint density at radius 3 is 2.90 bits per heavy atom. The maximum absolute atomic E-state index is 11.1. The number of hydrogen-bond donors (Lipinski definition) is 2. The third kappa shape index (κ3) is 3.78. The van der Waals surface area contributed by atoms with Gasteiger partial charge >= 0.3 is 5.97 Å². The highest BCUT2D eigenvalue weighted by Crippen LogP contribution is 2.12. The Kier molecular flexibility index (Phi) is 4.65. The van der Waals surface area contributed by atoms with E-state index in [4.69, 9.17) is 9.63 Å². The molecule has 0 spiro atoms. The topological polar surface area (TPSA) is 101 Å². The number of hydrogen-bond acceptors (Lipinski definition) is 6. The fraction of sp³-hybridized carbons (Fsp3) is 0.385. The van der Waals surface area contributed by atoms with Crippen molar-refractivity contribution in [2.75, 3.05) is 11.9 Å². The van der Waals surface area contributed by atoms with Crippen molar-refractivity contribution in [2.24, 2.45) is 0 Å². The third-order valence-electron chi connectivity index (χ3n) is 2.68. The lowest BCUT2D eigenvalue weighted by molar-refractivity contribution is 0.0696. The number of aryl methyl sites for hydroxylation is 1. The van der Waals surface area contributed by atoms with Crippen LogP contribution in [0, 0.1) is 0 Å². The molecule has 0 aliphatic heterocycles. The van der Waals surface area contributed by atoms with Gasteiger partial charge in [0.15, 0.2) is 6.33 Å². The minimum atomic E-state index is -0.954.